The Morgan fingerprint density at radius 1 is 1.40 bits per heavy atom. The fourth-order valence-corrected chi connectivity index (χ4v) is 2.90. The Balaban J connectivity index is 2.20. The van der Waals surface area contributed by atoms with Gasteiger partial charge in [-0.15, -0.1) is 0 Å². The summed E-state index contributed by atoms with van der Waals surface area (Å²) in [6.45, 7) is 12.2. The summed E-state index contributed by atoms with van der Waals surface area (Å²) in [7, 11) is 0. The van der Waals surface area contributed by atoms with Crippen LogP contribution in [0, 0.1) is 18.7 Å². The Kier molecular flexibility index (Phi) is 6.11. The molecule has 0 aromatic carbocycles. The van der Waals surface area contributed by atoms with E-state index in [-0.39, 0.29) is 10.7 Å². The number of hydrogen-bond acceptors (Lipinski definition) is 4. The van der Waals surface area contributed by atoms with Crippen LogP contribution in [0.1, 0.15) is 32.9 Å². The lowest BCUT2D eigenvalue weighted by molar-refractivity contribution is 0.207. The number of pyridine rings is 2. The smallest absolute Gasteiger partial charge is 0.150 e. The summed E-state index contributed by atoms with van der Waals surface area (Å²) in [6.07, 6.45) is 1.97. The molecule has 0 aliphatic carbocycles. The molecule has 6 heteroatoms. The van der Waals surface area contributed by atoms with E-state index in [0.717, 1.165) is 12.6 Å². The van der Waals surface area contributed by atoms with E-state index in [4.69, 9.17) is 16.3 Å². The highest BCUT2D eigenvalue weighted by molar-refractivity contribution is 6.29. The minimum Gasteiger partial charge on any atom is -0.489 e. The van der Waals surface area contributed by atoms with Gasteiger partial charge in [-0.05, 0) is 51.1 Å². The largest absolute Gasteiger partial charge is 0.489 e. The Bertz CT molecular complexity index is 766. The van der Waals surface area contributed by atoms with E-state index in [1.54, 1.807) is 12.1 Å². The van der Waals surface area contributed by atoms with Crippen LogP contribution in [0.5, 0.6) is 5.75 Å². The topological polar surface area (TPSA) is 47.4 Å². The maximum Gasteiger partial charge on any atom is 0.150 e. The summed E-state index contributed by atoms with van der Waals surface area (Å²) in [5, 5.41) is 0.220. The molecule has 2 heterocycles. The molecule has 0 saturated carbocycles. The molecule has 1 unspecified atom stereocenters. The molecule has 2 aromatic heterocycles. The van der Waals surface area contributed by atoms with Gasteiger partial charge >= 0.3 is 0 Å². The fourth-order valence-electron chi connectivity index (χ4n) is 2.74. The van der Waals surface area contributed by atoms with E-state index in [2.05, 4.69) is 35.5 Å². The van der Waals surface area contributed by atoms with Crippen molar-refractivity contribution in [2.24, 2.45) is 10.9 Å². The summed E-state index contributed by atoms with van der Waals surface area (Å²) < 4.78 is 19.9. The average molecular weight is 364 g/mol. The van der Waals surface area contributed by atoms with Crippen LogP contribution in [0.15, 0.2) is 29.4 Å². The van der Waals surface area contributed by atoms with Crippen LogP contribution >= 0.6 is 11.6 Å². The SMILES string of the molecule is C=NC(C)(COc1ccc(-c2cc(Cl)ncc2F)nc1C)CC(C)C. The van der Waals surface area contributed by atoms with Gasteiger partial charge in [0.2, 0.25) is 0 Å². The molecule has 0 aliphatic rings. The monoisotopic (exact) mass is 363 g/mol. The van der Waals surface area contributed by atoms with Gasteiger partial charge < -0.3 is 4.74 Å². The molecule has 1 atom stereocenters. The van der Waals surface area contributed by atoms with Gasteiger partial charge in [-0.3, -0.25) is 4.99 Å². The van der Waals surface area contributed by atoms with Crippen molar-refractivity contribution in [1.29, 1.82) is 0 Å². The van der Waals surface area contributed by atoms with Gasteiger partial charge in [-0.25, -0.2) is 14.4 Å². The van der Waals surface area contributed by atoms with Gasteiger partial charge in [0.1, 0.15) is 17.5 Å². The summed E-state index contributed by atoms with van der Waals surface area (Å²) in [4.78, 5) is 12.4. The molecule has 0 bridgehead atoms. The van der Waals surface area contributed by atoms with Crippen molar-refractivity contribution in [3.8, 4) is 17.0 Å². The lowest BCUT2D eigenvalue weighted by atomic mass is 9.92. The highest BCUT2D eigenvalue weighted by Crippen LogP contribution is 2.28. The van der Waals surface area contributed by atoms with Crippen LogP contribution in [0.4, 0.5) is 4.39 Å². The van der Waals surface area contributed by atoms with Crippen LogP contribution in [0.2, 0.25) is 5.15 Å². The van der Waals surface area contributed by atoms with Crippen molar-refractivity contribution in [2.45, 2.75) is 39.7 Å². The van der Waals surface area contributed by atoms with Crippen molar-refractivity contribution in [3.63, 3.8) is 0 Å². The molecule has 0 spiro atoms. The third-order valence-electron chi connectivity index (χ3n) is 3.90. The maximum atomic E-state index is 13.9. The minimum absolute atomic E-state index is 0.220. The van der Waals surface area contributed by atoms with Crippen LogP contribution in [0.3, 0.4) is 0 Å². The third-order valence-corrected chi connectivity index (χ3v) is 4.11. The van der Waals surface area contributed by atoms with E-state index in [1.165, 1.54) is 6.07 Å². The molecule has 0 saturated heterocycles. The number of halogens is 2. The van der Waals surface area contributed by atoms with E-state index in [0.29, 0.717) is 35.2 Å². The number of rotatable bonds is 7. The second kappa shape index (κ2) is 7.91. The van der Waals surface area contributed by atoms with Gasteiger partial charge in [0.15, 0.2) is 5.82 Å². The first-order chi connectivity index (χ1) is 11.7. The molecule has 25 heavy (non-hydrogen) atoms. The quantitative estimate of drug-likeness (QED) is 0.506. The zero-order valence-electron chi connectivity index (χ0n) is 15.0. The summed E-state index contributed by atoms with van der Waals surface area (Å²) in [5.41, 5.74) is 1.11. The first kappa shape index (κ1) is 19.3. The van der Waals surface area contributed by atoms with Crippen molar-refractivity contribution >= 4 is 18.3 Å². The zero-order chi connectivity index (χ0) is 18.6. The predicted molar refractivity (Wildman–Crippen MR) is 100 cm³/mol. The highest BCUT2D eigenvalue weighted by atomic mass is 35.5. The molecule has 0 amide bonds. The molecular formula is C19H23ClFN3O. The van der Waals surface area contributed by atoms with Crippen LogP contribution in [0.25, 0.3) is 11.3 Å². The lowest BCUT2D eigenvalue weighted by Gasteiger charge is -2.27. The molecule has 134 valence electrons. The average Bonchev–Trinajstić information content (AvgIpc) is 2.55. The van der Waals surface area contributed by atoms with E-state index >= 15 is 0 Å². The molecular weight excluding hydrogens is 341 g/mol. The molecule has 2 aromatic rings. The first-order valence-corrected chi connectivity index (χ1v) is 8.51. The summed E-state index contributed by atoms with van der Waals surface area (Å²) in [6, 6.07) is 4.95. The van der Waals surface area contributed by atoms with Crippen molar-refractivity contribution < 1.29 is 9.13 Å². The Hall–Kier alpha value is -2.01. The Morgan fingerprint density at radius 2 is 2.12 bits per heavy atom. The number of ether oxygens (including phenoxy) is 1. The van der Waals surface area contributed by atoms with Crippen molar-refractivity contribution in [2.75, 3.05) is 6.61 Å². The second-order valence-corrected chi connectivity index (χ2v) is 7.20. The number of aromatic nitrogens is 2. The van der Waals surface area contributed by atoms with Crippen LogP contribution in [-0.4, -0.2) is 28.8 Å². The summed E-state index contributed by atoms with van der Waals surface area (Å²) in [5.74, 6) is 0.661. The summed E-state index contributed by atoms with van der Waals surface area (Å²) >= 11 is 5.85. The minimum atomic E-state index is -0.467. The predicted octanol–water partition coefficient (Wildman–Crippen LogP) is 5.13. The second-order valence-electron chi connectivity index (χ2n) is 6.81. The normalized spacial score (nSPS) is 13.6. The molecule has 4 nitrogen and oxygen atoms in total. The van der Waals surface area contributed by atoms with Crippen LogP contribution < -0.4 is 4.74 Å². The molecule has 2 rings (SSSR count). The maximum absolute atomic E-state index is 13.9. The lowest BCUT2D eigenvalue weighted by Crippen LogP contribution is -2.32. The molecule has 0 N–H and O–H groups in total. The van der Waals surface area contributed by atoms with Gasteiger partial charge in [-0.1, -0.05) is 25.4 Å². The number of aliphatic imine (C=N–C) groups is 1. The number of nitrogens with zero attached hydrogens (tertiary/aromatic N) is 3. The number of aryl methyl sites for hydroxylation is 1. The number of hydrogen-bond donors (Lipinski definition) is 0. The first-order valence-electron chi connectivity index (χ1n) is 8.14. The van der Waals surface area contributed by atoms with E-state index in [9.17, 15) is 4.39 Å². The van der Waals surface area contributed by atoms with Gasteiger partial charge in [0, 0.05) is 5.56 Å². The van der Waals surface area contributed by atoms with Crippen molar-refractivity contribution in [3.05, 3.63) is 41.1 Å². The van der Waals surface area contributed by atoms with Gasteiger partial charge in [0.05, 0.1) is 23.1 Å². The Morgan fingerprint density at radius 3 is 2.72 bits per heavy atom. The van der Waals surface area contributed by atoms with Gasteiger partial charge in [0.25, 0.3) is 0 Å². The van der Waals surface area contributed by atoms with Crippen LogP contribution in [-0.2, 0) is 0 Å². The third kappa shape index (κ3) is 4.98. The van der Waals surface area contributed by atoms with Gasteiger partial charge in [-0.2, -0.15) is 0 Å². The van der Waals surface area contributed by atoms with E-state index < -0.39 is 5.82 Å². The standard InChI is InChI=1S/C19H23ClFN3O/c1-12(2)9-19(4,22-5)11-25-17-7-6-16(24-13(17)3)14-8-18(20)23-10-15(14)21/h6-8,10,12H,5,9,11H2,1-4H3. The zero-order valence-corrected chi connectivity index (χ0v) is 15.8. The fraction of sp³-hybridized carbons (Fsp3) is 0.421. The Labute approximate surface area is 153 Å². The molecule has 0 radical (unpaired) electrons. The van der Waals surface area contributed by atoms with E-state index in [1.807, 2.05) is 13.8 Å². The van der Waals surface area contributed by atoms with Crippen molar-refractivity contribution in [1.82, 2.24) is 9.97 Å². The highest BCUT2D eigenvalue weighted by Gasteiger charge is 2.25. The molecule has 0 aliphatic heterocycles. The molecule has 0 fully saturated rings.